The number of nitrogens with zero attached hydrogens (tertiary/aromatic N) is 1. The van der Waals surface area contributed by atoms with Crippen molar-refractivity contribution < 1.29 is 0 Å². The lowest BCUT2D eigenvalue weighted by atomic mass is 9.99. The standard InChI is InChI=1S/C18H21N/c1-14-9-10-16(13-15(14)2)17-7-3-4-8-18(17)19-11-5-6-12-19/h3-4,7-10,13H,5-6,11-12H2,1-2H3. The lowest BCUT2D eigenvalue weighted by molar-refractivity contribution is 0.949. The molecule has 0 radical (unpaired) electrons. The zero-order valence-electron chi connectivity index (χ0n) is 11.8. The molecule has 0 N–H and O–H groups in total. The van der Waals surface area contributed by atoms with Gasteiger partial charge in [0.2, 0.25) is 0 Å². The van der Waals surface area contributed by atoms with Crippen LogP contribution in [-0.4, -0.2) is 13.1 Å². The fourth-order valence-corrected chi connectivity index (χ4v) is 2.86. The van der Waals surface area contributed by atoms with Crippen LogP contribution in [0.3, 0.4) is 0 Å². The number of hydrogen-bond donors (Lipinski definition) is 0. The van der Waals surface area contributed by atoms with Crippen LogP contribution in [0.4, 0.5) is 5.69 Å². The van der Waals surface area contributed by atoms with E-state index in [1.807, 2.05) is 0 Å². The van der Waals surface area contributed by atoms with E-state index in [-0.39, 0.29) is 0 Å². The van der Waals surface area contributed by atoms with Crippen LogP contribution in [0.1, 0.15) is 24.0 Å². The number of rotatable bonds is 2. The van der Waals surface area contributed by atoms with E-state index in [9.17, 15) is 0 Å². The van der Waals surface area contributed by atoms with Gasteiger partial charge in [-0.25, -0.2) is 0 Å². The number of aryl methyl sites for hydroxylation is 2. The predicted molar refractivity (Wildman–Crippen MR) is 82.8 cm³/mol. The maximum Gasteiger partial charge on any atom is 0.0445 e. The van der Waals surface area contributed by atoms with Crippen LogP contribution in [0.2, 0.25) is 0 Å². The monoisotopic (exact) mass is 251 g/mol. The fraction of sp³-hybridized carbons (Fsp3) is 0.333. The predicted octanol–water partition coefficient (Wildman–Crippen LogP) is 4.57. The lowest BCUT2D eigenvalue weighted by Crippen LogP contribution is -2.18. The molecule has 1 heteroatoms. The Labute approximate surface area is 115 Å². The molecule has 0 amide bonds. The molecule has 2 aromatic carbocycles. The lowest BCUT2D eigenvalue weighted by Gasteiger charge is -2.21. The Bertz CT molecular complexity index is 580. The molecule has 0 spiro atoms. The van der Waals surface area contributed by atoms with E-state index in [2.05, 4.69) is 61.2 Å². The van der Waals surface area contributed by atoms with Gasteiger partial charge >= 0.3 is 0 Å². The Morgan fingerprint density at radius 3 is 2.32 bits per heavy atom. The summed E-state index contributed by atoms with van der Waals surface area (Å²) in [6, 6.07) is 15.6. The van der Waals surface area contributed by atoms with Gasteiger partial charge in [0.25, 0.3) is 0 Å². The molecular formula is C18H21N. The van der Waals surface area contributed by atoms with Crippen molar-refractivity contribution in [3.05, 3.63) is 53.6 Å². The van der Waals surface area contributed by atoms with Crippen LogP contribution < -0.4 is 4.90 Å². The second-order valence-corrected chi connectivity index (χ2v) is 5.51. The highest BCUT2D eigenvalue weighted by Gasteiger charge is 2.16. The maximum absolute atomic E-state index is 2.52. The van der Waals surface area contributed by atoms with E-state index < -0.39 is 0 Å². The quantitative estimate of drug-likeness (QED) is 0.755. The summed E-state index contributed by atoms with van der Waals surface area (Å²) in [7, 11) is 0. The van der Waals surface area contributed by atoms with Gasteiger partial charge in [-0.05, 0) is 49.4 Å². The molecule has 0 atom stereocenters. The Hall–Kier alpha value is -1.76. The van der Waals surface area contributed by atoms with Gasteiger partial charge < -0.3 is 4.90 Å². The molecule has 98 valence electrons. The summed E-state index contributed by atoms with van der Waals surface area (Å²) in [6.45, 7) is 6.76. The van der Waals surface area contributed by atoms with E-state index in [4.69, 9.17) is 0 Å². The molecule has 0 aromatic heterocycles. The van der Waals surface area contributed by atoms with Crippen LogP contribution in [-0.2, 0) is 0 Å². The van der Waals surface area contributed by atoms with Gasteiger partial charge in [0.05, 0.1) is 0 Å². The minimum atomic E-state index is 1.20. The Balaban J connectivity index is 2.06. The van der Waals surface area contributed by atoms with Gasteiger partial charge in [0, 0.05) is 24.3 Å². The molecular weight excluding hydrogens is 230 g/mol. The SMILES string of the molecule is Cc1ccc(-c2ccccc2N2CCCC2)cc1C. The molecule has 3 rings (SSSR count). The maximum atomic E-state index is 2.52. The smallest absolute Gasteiger partial charge is 0.0445 e. The second kappa shape index (κ2) is 5.08. The topological polar surface area (TPSA) is 3.24 Å². The molecule has 0 aliphatic carbocycles. The van der Waals surface area contributed by atoms with Crippen LogP contribution in [0.25, 0.3) is 11.1 Å². The van der Waals surface area contributed by atoms with Crippen molar-refractivity contribution >= 4 is 5.69 Å². The van der Waals surface area contributed by atoms with Crippen molar-refractivity contribution in [2.45, 2.75) is 26.7 Å². The van der Waals surface area contributed by atoms with E-state index in [0.717, 1.165) is 0 Å². The number of hydrogen-bond acceptors (Lipinski definition) is 1. The van der Waals surface area contributed by atoms with Gasteiger partial charge in [-0.1, -0.05) is 36.4 Å². The van der Waals surface area contributed by atoms with E-state index >= 15 is 0 Å². The first-order chi connectivity index (χ1) is 9.25. The zero-order chi connectivity index (χ0) is 13.2. The van der Waals surface area contributed by atoms with Crippen molar-refractivity contribution in [2.75, 3.05) is 18.0 Å². The summed E-state index contributed by atoms with van der Waals surface area (Å²) < 4.78 is 0. The molecule has 1 aliphatic rings. The fourth-order valence-electron chi connectivity index (χ4n) is 2.86. The van der Waals surface area contributed by atoms with Gasteiger partial charge in [0.1, 0.15) is 0 Å². The third-order valence-electron chi connectivity index (χ3n) is 4.17. The minimum absolute atomic E-state index is 1.20. The first-order valence-electron chi connectivity index (χ1n) is 7.17. The molecule has 0 unspecified atom stereocenters. The molecule has 0 bridgehead atoms. The number of anilines is 1. The highest BCUT2D eigenvalue weighted by molar-refractivity contribution is 5.79. The third-order valence-corrected chi connectivity index (χ3v) is 4.17. The van der Waals surface area contributed by atoms with E-state index in [1.165, 1.54) is 53.9 Å². The molecule has 0 saturated carbocycles. The summed E-state index contributed by atoms with van der Waals surface area (Å²) in [5.74, 6) is 0. The van der Waals surface area contributed by atoms with E-state index in [0.29, 0.717) is 0 Å². The Morgan fingerprint density at radius 1 is 0.842 bits per heavy atom. The molecule has 1 heterocycles. The first kappa shape index (κ1) is 12.3. The summed E-state index contributed by atoms with van der Waals surface area (Å²) in [5, 5.41) is 0. The highest BCUT2D eigenvalue weighted by atomic mass is 15.1. The molecule has 1 fully saturated rings. The molecule has 1 aliphatic heterocycles. The molecule has 1 nitrogen and oxygen atoms in total. The summed E-state index contributed by atoms with van der Waals surface area (Å²) in [6.07, 6.45) is 2.64. The first-order valence-corrected chi connectivity index (χ1v) is 7.17. The second-order valence-electron chi connectivity index (χ2n) is 5.51. The van der Waals surface area contributed by atoms with Crippen molar-refractivity contribution in [3.63, 3.8) is 0 Å². The average molecular weight is 251 g/mol. The van der Waals surface area contributed by atoms with Gasteiger partial charge in [0.15, 0.2) is 0 Å². The molecule has 19 heavy (non-hydrogen) atoms. The normalized spacial score (nSPS) is 14.9. The average Bonchev–Trinajstić information content (AvgIpc) is 2.96. The zero-order valence-corrected chi connectivity index (χ0v) is 11.8. The van der Waals surface area contributed by atoms with Gasteiger partial charge in [-0.2, -0.15) is 0 Å². The number of benzene rings is 2. The van der Waals surface area contributed by atoms with Crippen molar-refractivity contribution in [1.29, 1.82) is 0 Å². The van der Waals surface area contributed by atoms with Crippen LogP contribution >= 0.6 is 0 Å². The minimum Gasteiger partial charge on any atom is -0.371 e. The largest absolute Gasteiger partial charge is 0.371 e. The summed E-state index contributed by atoms with van der Waals surface area (Å²) >= 11 is 0. The van der Waals surface area contributed by atoms with Crippen LogP contribution in [0.15, 0.2) is 42.5 Å². The Morgan fingerprint density at radius 2 is 1.58 bits per heavy atom. The molecule has 1 saturated heterocycles. The van der Waals surface area contributed by atoms with E-state index in [1.54, 1.807) is 0 Å². The van der Waals surface area contributed by atoms with Crippen molar-refractivity contribution in [3.8, 4) is 11.1 Å². The van der Waals surface area contributed by atoms with Crippen LogP contribution in [0, 0.1) is 13.8 Å². The Kier molecular flexibility index (Phi) is 3.29. The third kappa shape index (κ3) is 2.37. The van der Waals surface area contributed by atoms with Crippen molar-refractivity contribution in [2.24, 2.45) is 0 Å². The number of para-hydroxylation sites is 1. The van der Waals surface area contributed by atoms with Gasteiger partial charge in [-0.15, -0.1) is 0 Å². The summed E-state index contributed by atoms with van der Waals surface area (Å²) in [5.41, 5.74) is 6.83. The molecule has 2 aromatic rings. The van der Waals surface area contributed by atoms with Gasteiger partial charge in [-0.3, -0.25) is 0 Å². The van der Waals surface area contributed by atoms with Crippen molar-refractivity contribution in [1.82, 2.24) is 0 Å². The van der Waals surface area contributed by atoms with Crippen LogP contribution in [0.5, 0.6) is 0 Å². The highest BCUT2D eigenvalue weighted by Crippen LogP contribution is 2.33. The summed E-state index contributed by atoms with van der Waals surface area (Å²) in [4.78, 5) is 2.52.